The fourth-order valence-electron chi connectivity index (χ4n) is 7.92. The number of fused-ring (bicyclic) bond motifs is 2. The van der Waals surface area contributed by atoms with Gasteiger partial charge in [-0.15, -0.1) is 0 Å². The van der Waals surface area contributed by atoms with Gasteiger partial charge in [0.05, 0.1) is 39.1 Å². The molecule has 4 aromatic heterocycles. The molecule has 18 nitrogen and oxygen atoms in total. The lowest BCUT2D eigenvalue weighted by Gasteiger charge is -2.24. The molecule has 0 aliphatic rings. The van der Waals surface area contributed by atoms with Crippen molar-refractivity contribution in [3.63, 3.8) is 0 Å². The van der Waals surface area contributed by atoms with Crippen molar-refractivity contribution in [1.29, 1.82) is 0 Å². The van der Waals surface area contributed by atoms with Crippen LogP contribution in [0, 0.1) is 10.1 Å². The number of para-hydroxylation sites is 2. The normalized spacial score (nSPS) is 11.4. The molecule has 4 heterocycles. The summed E-state index contributed by atoms with van der Waals surface area (Å²) in [6, 6.07) is 24.9. The average Bonchev–Trinajstić information content (AvgIpc) is 3.87. The number of hydrogen-bond donors (Lipinski definition) is 3. The van der Waals surface area contributed by atoms with Crippen LogP contribution in [0.25, 0.3) is 44.3 Å². The Morgan fingerprint density at radius 1 is 0.639 bits per heavy atom. The molecule has 72 heavy (non-hydrogen) atoms. The van der Waals surface area contributed by atoms with E-state index in [2.05, 4.69) is 30.6 Å². The van der Waals surface area contributed by atoms with Gasteiger partial charge in [-0.1, -0.05) is 36.4 Å². The van der Waals surface area contributed by atoms with E-state index in [-0.39, 0.29) is 46.1 Å². The molecule has 0 saturated carbocycles. The summed E-state index contributed by atoms with van der Waals surface area (Å²) in [7, 11) is 15.1. The van der Waals surface area contributed by atoms with Crippen LogP contribution in [-0.4, -0.2) is 125 Å². The summed E-state index contributed by atoms with van der Waals surface area (Å²) in [5.74, 6) is 0.0155. The van der Waals surface area contributed by atoms with Gasteiger partial charge in [0.2, 0.25) is 11.9 Å². The summed E-state index contributed by atoms with van der Waals surface area (Å²) < 4.78 is 66.6. The SMILES string of the molecule is CN(C)CCN(C)c1cc(OC(F)F)c(Nc2nccc(-c3cn(C)c4ccccc34)n2)cc1N.CN(C)CCN(C)c1cc(OC(F)F)c(Nc2nccc(-c3cn(C)c4ccccc34)n2)cc1[N+](=O)[O-]. The number of nitrogens with zero attached hydrogens (tertiary/aromatic N) is 11. The van der Waals surface area contributed by atoms with Crippen LogP contribution in [-0.2, 0) is 14.1 Å². The molecule has 8 rings (SSSR count). The molecule has 0 spiro atoms. The van der Waals surface area contributed by atoms with E-state index >= 15 is 0 Å². The quantitative estimate of drug-likeness (QED) is 0.0301. The Bertz CT molecular complexity index is 3170. The Labute approximate surface area is 413 Å². The van der Waals surface area contributed by atoms with E-state index in [4.69, 9.17) is 15.2 Å². The molecule has 0 fully saturated rings. The van der Waals surface area contributed by atoms with Crippen LogP contribution < -0.4 is 35.6 Å². The largest absolute Gasteiger partial charge is 0.433 e. The highest BCUT2D eigenvalue weighted by atomic mass is 19.3. The number of halogens is 4. The van der Waals surface area contributed by atoms with E-state index in [0.29, 0.717) is 42.4 Å². The minimum Gasteiger partial charge on any atom is -0.433 e. The molecule has 0 radical (unpaired) electrons. The highest BCUT2D eigenvalue weighted by molar-refractivity contribution is 5.96. The number of rotatable bonds is 19. The van der Waals surface area contributed by atoms with E-state index in [1.165, 1.54) is 18.3 Å². The average molecular weight is 993 g/mol. The number of benzene rings is 4. The number of likely N-dealkylation sites (N-methyl/N-ethyl adjacent to an activating group) is 4. The Kier molecular flexibility index (Phi) is 16.2. The van der Waals surface area contributed by atoms with Crippen LogP contribution in [0.1, 0.15) is 0 Å². The second kappa shape index (κ2) is 22.7. The van der Waals surface area contributed by atoms with Crippen molar-refractivity contribution in [2.75, 3.05) is 94.6 Å². The zero-order valence-corrected chi connectivity index (χ0v) is 41.0. The second-order valence-electron chi connectivity index (χ2n) is 17.3. The highest BCUT2D eigenvalue weighted by Crippen LogP contribution is 2.41. The fraction of sp³-hybridized carbons (Fsp3) is 0.280. The van der Waals surface area contributed by atoms with Crippen LogP contribution in [0.3, 0.4) is 0 Å². The second-order valence-corrected chi connectivity index (χ2v) is 17.3. The number of anilines is 7. The maximum Gasteiger partial charge on any atom is 0.387 e. The number of nitrogen functional groups attached to an aromatic ring is 1. The fourth-order valence-corrected chi connectivity index (χ4v) is 7.92. The number of nitro benzene ring substituents is 1. The first-order valence-electron chi connectivity index (χ1n) is 22.5. The number of nitro groups is 1. The van der Waals surface area contributed by atoms with Crippen molar-refractivity contribution >= 4 is 67.8 Å². The van der Waals surface area contributed by atoms with Crippen LogP contribution >= 0.6 is 0 Å². The first-order chi connectivity index (χ1) is 34.4. The number of aryl methyl sites for hydroxylation is 2. The van der Waals surface area contributed by atoms with E-state index in [1.54, 1.807) is 36.3 Å². The zero-order valence-electron chi connectivity index (χ0n) is 41.0. The van der Waals surface area contributed by atoms with Gasteiger partial charge < -0.3 is 54.6 Å². The Hall–Kier alpha value is -8.24. The smallest absolute Gasteiger partial charge is 0.387 e. The van der Waals surface area contributed by atoms with Crippen molar-refractivity contribution in [3.8, 4) is 34.0 Å². The Morgan fingerprint density at radius 3 is 1.51 bits per heavy atom. The summed E-state index contributed by atoms with van der Waals surface area (Å²) in [5.41, 5.74) is 12.6. The molecular weight excluding hydrogens is 937 g/mol. The van der Waals surface area contributed by atoms with Gasteiger partial charge in [-0.3, -0.25) is 10.1 Å². The summed E-state index contributed by atoms with van der Waals surface area (Å²) in [6.07, 6.45) is 7.08. The summed E-state index contributed by atoms with van der Waals surface area (Å²) in [5, 5.41) is 19.8. The highest BCUT2D eigenvalue weighted by Gasteiger charge is 2.25. The molecular formula is C50H56F4N14O4. The van der Waals surface area contributed by atoms with E-state index in [9.17, 15) is 27.7 Å². The number of alkyl halides is 4. The minimum absolute atomic E-state index is 0.0416. The van der Waals surface area contributed by atoms with Crippen LogP contribution in [0.2, 0.25) is 0 Å². The van der Waals surface area contributed by atoms with Crippen molar-refractivity contribution in [2.24, 2.45) is 14.1 Å². The third kappa shape index (κ3) is 12.4. The van der Waals surface area contributed by atoms with Gasteiger partial charge in [-0.25, -0.2) is 19.9 Å². The standard InChI is InChI=1S/C25H27F2N7O3.C25H29F2N7O/c1-31(2)11-12-32(3)21-14-23(37-24(26)27)19(13-22(21)34(35)36)30-25-28-10-9-18(29-25)17-15-33(4)20-8-6-5-7-16(17)20;1-32(2)11-12-33(3)22-14-23(35-24(26)27)20(13-18(22)28)31-25-29-10-9-19(30-25)17-15-34(4)21-8-6-5-7-16(17)21/h5-10,13-15,24H,11-12H2,1-4H3,(H,28,29,30);5-10,13-15,24H,11-12,28H2,1-4H3,(H,29,30,31). The van der Waals surface area contributed by atoms with Gasteiger partial charge in [-0.2, -0.15) is 17.6 Å². The lowest BCUT2D eigenvalue weighted by Crippen LogP contribution is -2.29. The van der Waals surface area contributed by atoms with Gasteiger partial charge in [0.25, 0.3) is 5.69 Å². The van der Waals surface area contributed by atoms with Crippen LogP contribution in [0.4, 0.5) is 63.6 Å². The van der Waals surface area contributed by atoms with E-state index < -0.39 is 18.1 Å². The monoisotopic (exact) mass is 992 g/mol. The maximum absolute atomic E-state index is 13.3. The predicted octanol–water partition coefficient (Wildman–Crippen LogP) is 9.45. The molecule has 8 aromatic rings. The van der Waals surface area contributed by atoms with Gasteiger partial charge in [0.15, 0.2) is 11.5 Å². The third-order valence-electron chi connectivity index (χ3n) is 11.6. The van der Waals surface area contributed by atoms with E-state index in [1.807, 2.05) is 134 Å². The van der Waals surface area contributed by atoms with Crippen molar-refractivity contribution in [2.45, 2.75) is 13.2 Å². The van der Waals surface area contributed by atoms with E-state index in [0.717, 1.165) is 45.5 Å². The number of nitrogens with one attached hydrogen (secondary N) is 2. The summed E-state index contributed by atoms with van der Waals surface area (Å²) in [6.45, 7) is -3.66. The number of nitrogens with two attached hydrogens (primary N) is 1. The molecule has 0 amide bonds. The topological polar surface area (TPSA) is 186 Å². The molecule has 4 N–H and O–H groups in total. The van der Waals surface area contributed by atoms with Crippen molar-refractivity contribution in [3.05, 3.63) is 120 Å². The third-order valence-corrected chi connectivity index (χ3v) is 11.6. The molecule has 0 saturated heterocycles. The molecule has 0 unspecified atom stereocenters. The lowest BCUT2D eigenvalue weighted by molar-refractivity contribution is -0.384. The first-order valence-corrected chi connectivity index (χ1v) is 22.5. The molecule has 378 valence electrons. The first kappa shape index (κ1) is 51.6. The number of hydrogen-bond acceptors (Lipinski definition) is 15. The number of ether oxygens (including phenoxy) is 2. The molecule has 0 bridgehead atoms. The minimum atomic E-state index is -3.13. The van der Waals surface area contributed by atoms with Gasteiger partial charge in [0, 0.05) is 130 Å². The zero-order chi connectivity index (χ0) is 51.8. The van der Waals surface area contributed by atoms with Crippen LogP contribution in [0.15, 0.2) is 110 Å². The van der Waals surface area contributed by atoms with Crippen molar-refractivity contribution < 1.29 is 32.0 Å². The molecule has 4 aromatic carbocycles. The van der Waals surface area contributed by atoms with Gasteiger partial charge in [0.1, 0.15) is 5.69 Å². The van der Waals surface area contributed by atoms with Crippen molar-refractivity contribution in [1.82, 2.24) is 38.9 Å². The molecule has 0 aliphatic heterocycles. The summed E-state index contributed by atoms with van der Waals surface area (Å²) in [4.78, 5) is 36.4. The van der Waals surface area contributed by atoms with Crippen LogP contribution in [0.5, 0.6) is 11.5 Å². The lowest BCUT2D eigenvalue weighted by atomic mass is 10.1. The molecule has 22 heteroatoms. The number of aromatic nitrogens is 6. The Morgan fingerprint density at radius 2 is 1.07 bits per heavy atom. The maximum atomic E-state index is 13.3. The predicted molar refractivity (Wildman–Crippen MR) is 275 cm³/mol. The van der Waals surface area contributed by atoms with Gasteiger partial charge >= 0.3 is 13.2 Å². The Balaban J connectivity index is 0.000000212. The molecule has 0 aliphatic carbocycles. The van der Waals surface area contributed by atoms with Gasteiger partial charge in [-0.05, 0) is 58.5 Å². The summed E-state index contributed by atoms with van der Waals surface area (Å²) >= 11 is 0. The molecule has 0 atom stereocenters.